The Labute approximate surface area is 82.2 Å². The van der Waals surface area contributed by atoms with Crippen LogP contribution in [0.25, 0.3) is 0 Å². The van der Waals surface area contributed by atoms with Crippen molar-refractivity contribution < 1.29 is 4.79 Å². The Bertz CT molecular complexity index is 79.4. The zero-order valence-corrected chi connectivity index (χ0v) is 5.83. The SMILES string of the molecule is CCCCSC(N)=O.[NaH]. The van der Waals surface area contributed by atoms with Gasteiger partial charge in [-0.05, 0) is 6.42 Å². The molecule has 0 unspecified atom stereocenters. The number of primary amides is 1. The Morgan fingerprint density at radius 3 is 2.56 bits per heavy atom. The third-order valence-corrected chi connectivity index (χ3v) is 1.52. The minimum atomic E-state index is -0.265. The second kappa shape index (κ2) is 8.82. The molecule has 1 amide bonds. The van der Waals surface area contributed by atoms with E-state index in [1.807, 2.05) is 0 Å². The van der Waals surface area contributed by atoms with Gasteiger partial charge in [-0.3, -0.25) is 4.79 Å². The molecule has 0 aliphatic heterocycles. The third kappa shape index (κ3) is 12.1. The Morgan fingerprint density at radius 2 is 2.22 bits per heavy atom. The molecule has 2 nitrogen and oxygen atoms in total. The van der Waals surface area contributed by atoms with E-state index in [2.05, 4.69) is 6.92 Å². The van der Waals surface area contributed by atoms with E-state index in [0.29, 0.717) is 0 Å². The maximum atomic E-state index is 10.1. The number of hydrogen-bond acceptors (Lipinski definition) is 2. The number of unbranched alkanes of at least 4 members (excludes halogenated alkanes) is 1. The molecule has 0 bridgehead atoms. The van der Waals surface area contributed by atoms with Gasteiger partial charge in [0.15, 0.2) is 0 Å². The molecule has 0 spiro atoms. The van der Waals surface area contributed by atoms with Gasteiger partial charge in [0.1, 0.15) is 0 Å². The topological polar surface area (TPSA) is 43.1 Å². The molecule has 0 fully saturated rings. The van der Waals surface area contributed by atoms with Gasteiger partial charge in [0.2, 0.25) is 0 Å². The van der Waals surface area contributed by atoms with E-state index < -0.39 is 0 Å². The molecule has 0 aromatic rings. The van der Waals surface area contributed by atoms with E-state index in [1.54, 1.807) is 0 Å². The Hall–Kier alpha value is 0.820. The number of hydrogen-bond donors (Lipinski definition) is 1. The van der Waals surface area contributed by atoms with Crippen LogP contribution in [0.4, 0.5) is 4.79 Å². The van der Waals surface area contributed by atoms with Crippen molar-refractivity contribution in [3.8, 4) is 0 Å². The maximum absolute atomic E-state index is 10.1. The van der Waals surface area contributed by atoms with Gasteiger partial charge in [0.05, 0.1) is 0 Å². The van der Waals surface area contributed by atoms with Crippen LogP contribution in [-0.4, -0.2) is 40.5 Å². The van der Waals surface area contributed by atoms with Crippen molar-refractivity contribution in [2.24, 2.45) is 5.73 Å². The van der Waals surface area contributed by atoms with Crippen LogP contribution in [0.3, 0.4) is 0 Å². The molecule has 0 saturated heterocycles. The van der Waals surface area contributed by atoms with E-state index in [1.165, 1.54) is 11.8 Å². The first-order valence-electron chi connectivity index (χ1n) is 2.69. The number of amides is 1. The van der Waals surface area contributed by atoms with E-state index in [0.717, 1.165) is 18.6 Å². The van der Waals surface area contributed by atoms with Crippen LogP contribution in [-0.2, 0) is 0 Å². The van der Waals surface area contributed by atoms with E-state index >= 15 is 0 Å². The monoisotopic (exact) mass is 157 g/mol. The van der Waals surface area contributed by atoms with Crippen LogP contribution in [0, 0.1) is 0 Å². The molecule has 0 atom stereocenters. The van der Waals surface area contributed by atoms with E-state index in [-0.39, 0.29) is 34.8 Å². The fourth-order valence-corrected chi connectivity index (χ4v) is 0.951. The average molecular weight is 157 g/mol. The van der Waals surface area contributed by atoms with Crippen molar-refractivity contribution in [1.29, 1.82) is 0 Å². The molecule has 0 saturated carbocycles. The second-order valence-electron chi connectivity index (χ2n) is 1.52. The van der Waals surface area contributed by atoms with Crippen LogP contribution in [0.15, 0.2) is 0 Å². The zero-order valence-electron chi connectivity index (χ0n) is 5.02. The second-order valence-corrected chi connectivity index (χ2v) is 2.62. The first-order chi connectivity index (χ1) is 3.77. The van der Waals surface area contributed by atoms with Gasteiger partial charge in [-0.25, -0.2) is 0 Å². The van der Waals surface area contributed by atoms with Crippen molar-refractivity contribution in [2.45, 2.75) is 19.8 Å². The summed E-state index contributed by atoms with van der Waals surface area (Å²) in [6.45, 7) is 2.08. The van der Waals surface area contributed by atoms with Gasteiger partial charge in [-0.2, -0.15) is 0 Å². The average Bonchev–Trinajstić information content (AvgIpc) is 1.66. The molecule has 0 radical (unpaired) electrons. The van der Waals surface area contributed by atoms with Gasteiger partial charge < -0.3 is 5.73 Å². The molecule has 4 heteroatoms. The van der Waals surface area contributed by atoms with E-state index in [4.69, 9.17) is 5.73 Å². The van der Waals surface area contributed by atoms with Crippen LogP contribution in [0.2, 0.25) is 0 Å². The molecule has 0 heterocycles. The molecular formula is C5H12NNaOS. The van der Waals surface area contributed by atoms with E-state index in [9.17, 15) is 4.79 Å². The Morgan fingerprint density at radius 1 is 1.67 bits per heavy atom. The van der Waals surface area contributed by atoms with Gasteiger partial charge in [-0.1, -0.05) is 25.1 Å². The predicted octanol–water partition coefficient (Wildman–Crippen LogP) is 0.950. The summed E-state index contributed by atoms with van der Waals surface area (Å²) in [5.74, 6) is 0.867. The molecule has 0 aliphatic carbocycles. The summed E-state index contributed by atoms with van der Waals surface area (Å²) < 4.78 is 0. The summed E-state index contributed by atoms with van der Waals surface area (Å²) in [6, 6.07) is 0. The van der Waals surface area contributed by atoms with Crippen LogP contribution < -0.4 is 5.73 Å². The van der Waals surface area contributed by atoms with Crippen LogP contribution >= 0.6 is 11.8 Å². The number of thioether (sulfide) groups is 1. The first-order valence-corrected chi connectivity index (χ1v) is 3.68. The standard InChI is InChI=1S/C5H11NOS.Na.H/c1-2-3-4-8-5(6)7;;/h2-4H2,1H3,(H2,6,7);;. The molecule has 0 aliphatic rings. The summed E-state index contributed by atoms with van der Waals surface area (Å²) in [5, 5.41) is -0.265. The number of nitrogens with two attached hydrogens (primary N) is 1. The third-order valence-electron chi connectivity index (χ3n) is 0.742. The molecule has 0 aromatic heterocycles. The molecule has 50 valence electrons. The molecule has 0 rings (SSSR count). The molecule has 0 aromatic carbocycles. The van der Waals surface area contributed by atoms with Crippen molar-refractivity contribution in [1.82, 2.24) is 0 Å². The first kappa shape index (κ1) is 12.5. The summed E-state index contributed by atoms with van der Waals surface area (Å²) in [6.07, 6.45) is 2.20. The number of rotatable bonds is 3. The fourth-order valence-electron chi connectivity index (χ4n) is 0.317. The van der Waals surface area contributed by atoms with Gasteiger partial charge in [-0.15, -0.1) is 0 Å². The van der Waals surface area contributed by atoms with Crippen molar-refractivity contribution in [3.63, 3.8) is 0 Å². The zero-order chi connectivity index (χ0) is 6.41. The Kier molecular flexibility index (Phi) is 12.2. The predicted molar refractivity (Wildman–Crippen MR) is 44.1 cm³/mol. The van der Waals surface area contributed by atoms with Gasteiger partial charge >= 0.3 is 29.6 Å². The minimum absolute atomic E-state index is 0. The van der Waals surface area contributed by atoms with Crippen LogP contribution in [0.1, 0.15) is 19.8 Å². The molecule has 9 heavy (non-hydrogen) atoms. The quantitative estimate of drug-likeness (QED) is 0.489. The Balaban J connectivity index is 0. The van der Waals surface area contributed by atoms with Crippen molar-refractivity contribution in [3.05, 3.63) is 0 Å². The van der Waals surface area contributed by atoms with Crippen molar-refractivity contribution in [2.75, 3.05) is 5.75 Å². The summed E-state index contributed by atoms with van der Waals surface area (Å²) >= 11 is 1.19. The number of carbonyl (C=O) groups is 1. The normalized spacial score (nSPS) is 8.11. The molecular weight excluding hydrogens is 145 g/mol. The van der Waals surface area contributed by atoms with Crippen molar-refractivity contribution >= 4 is 46.6 Å². The fraction of sp³-hybridized carbons (Fsp3) is 0.800. The number of carbonyl (C=O) groups excluding carboxylic acids is 1. The van der Waals surface area contributed by atoms with Gasteiger partial charge in [0, 0.05) is 5.75 Å². The summed E-state index contributed by atoms with van der Waals surface area (Å²) in [4.78, 5) is 10.1. The van der Waals surface area contributed by atoms with Gasteiger partial charge in [0.25, 0.3) is 5.24 Å². The molecule has 2 N–H and O–H groups in total. The van der Waals surface area contributed by atoms with Crippen LogP contribution in [0.5, 0.6) is 0 Å². The summed E-state index contributed by atoms with van der Waals surface area (Å²) in [7, 11) is 0. The summed E-state index contributed by atoms with van der Waals surface area (Å²) in [5.41, 5.74) is 4.86.